The van der Waals surface area contributed by atoms with Crippen LogP contribution in [0.15, 0.2) is 5.38 Å². The summed E-state index contributed by atoms with van der Waals surface area (Å²) in [5.74, 6) is -0.215. The van der Waals surface area contributed by atoms with Crippen LogP contribution in [0.2, 0.25) is 0 Å². The molecule has 2 rings (SSSR count). The largest absolute Gasteiger partial charge is 0.476 e. The number of hydrogen-bond donors (Lipinski definition) is 2. The van der Waals surface area contributed by atoms with Gasteiger partial charge in [-0.05, 0) is 18.8 Å². The molecule has 1 aliphatic carbocycles. The molecule has 88 valence electrons. The van der Waals surface area contributed by atoms with Crippen molar-refractivity contribution in [2.75, 3.05) is 25.1 Å². The number of thiazole rings is 1. The number of rotatable bonds is 7. The van der Waals surface area contributed by atoms with Crippen molar-refractivity contribution in [1.29, 1.82) is 0 Å². The SMILES string of the molecule is O=C(O)c1csc(NCCOCC2CC2)n1. The zero-order chi connectivity index (χ0) is 11.4. The quantitative estimate of drug-likeness (QED) is 0.712. The lowest BCUT2D eigenvalue weighted by molar-refractivity contribution is 0.0691. The molecule has 1 saturated carbocycles. The van der Waals surface area contributed by atoms with Crippen molar-refractivity contribution in [3.63, 3.8) is 0 Å². The van der Waals surface area contributed by atoms with Gasteiger partial charge in [-0.15, -0.1) is 11.3 Å². The van der Waals surface area contributed by atoms with Crippen molar-refractivity contribution in [3.05, 3.63) is 11.1 Å². The number of hydrogen-bond acceptors (Lipinski definition) is 5. The van der Waals surface area contributed by atoms with Crippen LogP contribution in [0.5, 0.6) is 0 Å². The van der Waals surface area contributed by atoms with Gasteiger partial charge in [-0.2, -0.15) is 0 Å². The number of carboxylic acids is 1. The maximum Gasteiger partial charge on any atom is 0.355 e. The summed E-state index contributed by atoms with van der Waals surface area (Å²) >= 11 is 1.30. The van der Waals surface area contributed by atoms with Gasteiger partial charge in [0, 0.05) is 18.5 Å². The van der Waals surface area contributed by atoms with Gasteiger partial charge in [0.2, 0.25) is 0 Å². The molecule has 2 N–H and O–H groups in total. The molecule has 0 saturated heterocycles. The first kappa shape index (κ1) is 11.3. The maximum atomic E-state index is 10.6. The second-order valence-corrected chi connectivity index (χ2v) is 4.65. The molecule has 0 amide bonds. The van der Waals surface area contributed by atoms with Gasteiger partial charge in [0.15, 0.2) is 10.8 Å². The van der Waals surface area contributed by atoms with Gasteiger partial charge in [-0.25, -0.2) is 9.78 Å². The molecule has 0 aliphatic heterocycles. The minimum absolute atomic E-state index is 0.0893. The van der Waals surface area contributed by atoms with Crippen molar-refractivity contribution in [1.82, 2.24) is 4.98 Å². The number of anilines is 1. The summed E-state index contributed by atoms with van der Waals surface area (Å²) < 4.78 is 5.43. The van der Waals surface area contributed by atoms with E-state index in [0.29, 0.717) is 18.3 Å². The maximum absolute atomic E-state index is 10.6. The Balaban J connectivity index is 1.62. The first-order chi connectivity index (χ1) is 7.75. The van der Waals surface area contributed by atoms with Crippen LogP contribution in [0.1, 0.15) is 23.3 Å². The molecular weight excluding hydrogens is 228 g/mol. The summed E-state index contributed by atoms with van der Waals surface area (Å²) in [4.78, 5) is 14.5. The van der Waals surface area contributed by atoms with E-state index in [2.05, 4.69) is 10.3 Å². The Morgan fingerprint density at radius 1 is 1.69 bits per heavy atom. The van der Waals surface area contributed by atoms with E-state index in [9.17, 15) is 4.79 Å². The van der Waals surface area contributed by atoms with Crippen LogP contribution in [0.3, 0.4) is 0 Å². The van der Waals surface area contributed by atoms with E-state index in [4.69, 9.17) is 9.84 Å². The number of nitrogens with zero attached hydrogens (tertiary/aromatic N) is 1. The third kappa shape index (κ3) is 3.46. The van der Waals surface area contributed by atoms with Crippen molar-refractivity contribution in [2.45, 2.75) is 12.8 Å². The lowest BCUT2D eigenvalue weighted by atomic mass is 10.5. The van der Waals surface area contributed by atoms with E-state index in [1.807, 2.05) is 0 Å². The summed E-state index contributed by atoms with van der Waals surface area (Å²) in [7, 11) is 0. The van der Waals surface area contributed by atoms with Crippen LogP contribution >= 0.6 is 11.3 Å². The number of nitrogens with one attached hydrogen (secondary N) is 1. The number of carboxylic acid groups (broad SMARTS) is 1. The highest BCUT2D eigenvalue weighted by molar-refractivity contribution is 7.13. The van der Waals surface area contributed by atoms with Gasteiger partial charge >= 0.3 is 5.97 Å². The molecule has 1 heterocycles. The smallest absolute Gasteiger partial charge is 0.355 e. The summed E-state index contributed by atoms with van der Waals surface area (Å²) in [6.45, 7) is 2.15. The monoisotopic (exact) mass is 242 g/mol. The Bertz CT molecular complexity index is 363. The molecule has 0 aromatic carbocycles. The molecule has 0 radical (unpaired) electrons. The fourth-order valence-corrected chi connectivity index (χ4v) is 1.93. The van der Waals surface area contributed by atoms with Crippen LogP contribution in [0.4, 0.5) is 5.13 Å². The standard InChI is InChI=1S/C10H14N2O3S/c13-9(14)8-6-16-10(12-8)11-3-4-15-5-7-1-2-7/h6-7H,1-5H2,(H,11,12)(H,13,14). The van der Waals surface area contributed by atoms with Gasteiger partial charge < -0.3 is 15.2 Å². The molecule has 0 atom stereocenters. The number of aromatic carboxylic acids is 1. The highest BCUT2D eigenvalue weighted by Gasteiger charge is 2.20. The molecule has 1 aromatic rings. The van der Waals surface area contributed by atoms with E-state index in [-0.39, 0.29) is 5.69 Å². The molecule has 1 aliphatic rings. The van der Waals surface area contributed by atoms with Crippen LogP contribution in [-0.4, -0.2) is 35.8 Å². The Morgan fingerprint density at radius 2 is 2.50 bits per heavy atom. The Kier molecular flexibility index (Phi) is 3.74. The van der Waals surface area contributed by atoms with E-state index >= 15 is 0 Å². The first-order valence-electron chi connectivity index (χ1n) is 5.26. The predicted molar refractivity (Wildman–Crippen MR) is 61.1 cm³/mol. The predicted octanol–water partition coefficient (Wildman–Crippen LogP) is 1.68. The van der Waals surface area contributed by atoms with E-state index in [1.54, 1.807) is 0 Å². The van der Waals surface area contributed by atoms with E-state index in [1.165, 1.54) is 29.6 Å². The lowest BCUT2D eigenvalue weighted by Gasteiger charge is -2.03. The van der Waals surface area contributed by atoms with E-state index < -0.39 is 5.97 Å². The molecule has 5 nitrogen and oxygen atoms in total. The minimum atomic E-state index is -0.991. The lowest BCUT2D eigenvalue weighted by Crippen LogP contribution is -2.10. The second-order valence-electron chi connectivity index (χ2n) is 3.79. The Hall–Kier alpha value is -1.14. The Labute approximate surface area is 97.5 Å². The molecule has 6 heteroatoms. The molecule has 16 heavy (non-hydrogen) atoms. The number of ether oxygens (including phenoxy) is 1. The van der Waals surface area contributed by atoms with Gasteiger partial charge in [-0.1, -0.05) is 0 Å². The van der Waals surface area contributed by atoms with Gasteiger partial charge in [-0.3, -0.25) is 0 Å². The zero-order valence-corrected chi connectivity index (χ0v) is 9.63. The summed E-state index contributed by atoms with van der Waals surface area (Å²) in [6.07, 6.45) is 2.59. The van der Waals surface area contributed by atoms with Gasteiger partial charge in [0.05, 0.1) is 6.61 Å². The van der Waals surface area contributed by atoms with Crippen molar-refractivity contribution < 1.29 is 14.6 Å². The fourth-order valence-electron chi connectivity index (χ4n) is 1.22. The molecule has 1 fully saturated rings. The normalized spacial score (nSPS) is 15.0. The topological polar surface area (TPSA) is 71.5 Å². The average molecular weight is 242 g/mol. The Morgan fingerprint density at radius 3 is 3.12 bits per heavy atom. The third-order valence-corrected chi connectivity index (χ3v) is 3.10. The highest BCUT2D eigenvalue weighted by Crippen LogP contribution is 2.28. The van der Waals surface area contributed by atoms with Crippen molar-refractivity contribution in [2.24, 2.45) is 5.92 Å². The van der Waals surface area contributed by atoms with Gasteiger partial charge in [0.25, 0.3) is 0 Å². The van der Waals surface area contributed by atoms with Gasteiger partial charge in [0.1, 0.15) is 0 Å². The fraction of sp³-hybridized carbons (Fsp3) is 0.600. The van der Waals surface area contributed by atoms with Crippen molar-refractivity contribution >= 4 is 22.4 Å². The zero-order valence-electron chi connectivity index (χ0n) is 8.81. The summed E-state index contributed by atoms with van der Waals surface area (Å²) in [6, 6.07) is 0. The number of aromatic nitrogens is 1. The molecule has 1 aromatic heterocycles. The summed E-state index contributed by atoms with van der Waals surface area (Å²) in [5, 5.41) is 13.9. The van der Waals surface area contributed by atoms with Crippen LogP contribution in [-0.2, 0) is 4.74 Å². The van der Waals surface area contributed by atoms with Crippen LogP contribution < -0.4 is 5.32 Å². The number of carbonyl (C=O) groups is 1. The van der Waals surface area contributed by atoms with Crippen LogP contribution in [0, 0.1) is 5.92 Å². The first-order valence-corrected chi connectivity index (χ1v) is 6.14. The average Bonchev–Trinajstić information content (AvgIpc) is 2.94. The highest BCUT2D eigenvalue weighted by atomic mass is 32.1. The van der Waals surface area contributed by atoms with Crippen LogP contribution in [0.25, 0.3) is 0 Å². The molecular formula is C10H14N2O3S. The molecule has 0 bridgehead atoms. The third-order valence-electron chi connectivity index (χ3n) is 2.30. The van der Waals surface area contributed by atoms with E-state index in [0.717, 1.165) is 12.5 Å². The minimum Gasteiger partial charge on any atom is -0.476 e. The van der Waals surface area contributed by atoms with Crippen molar-refractivity contribution in [3.8, 4) is 0 Å². The summed E-state index contributed by atoms with van der Waals surface area (Å²) in [5.41, 5.74) is 0.0893. The second kappa shape index (κ2) is 5.27. The molecule has 0 unspecified atom stereocenters. The molecule has 0 spiro atoms.